The Labute approximate surface area is 218 Å². The number of aromatic hydroxyl groups is 1. The Morgan fingerprint density at radius 3 is 2.50 bits per heavy atom. The van der Waals surface area contributed by atoms with E-state index in [1.54, 1.807) is 18.2 Å². The maximum absolute atomic E-state index is 13.2. The van der Waals surface area contributed by atoms with Gasteiger partial charge in [0, 0.05) is 11.7 Å². The van der Waals surface area contributed by atoms with Gasteiger partial charge in [0.1, 0.15) is 17.1 Å². The molecule has 0 unspecified atom stereocenters. The van der Waals surface area contributed by atoms with Crippen molar-refractivity contribution in [1.82, 2.24) is 15.5 Å². The molecule has 38 heavy (non-hydrogen) atoms. The minimum Gasteiger partial charge on any atom is -0.506 e. The van der Waals surface area contributed by atoms with Crippen LogP contribution in [0.2, 0.25) is 0 Å². The smallest absolute Gasteiger partial charge is 0.341 e. The van der Waals surface area contributed by atoms with E-state index in [0.717, 1.165) is 12.1 Å². The average molecular weight is 545 g/mol. The van der Waals surface area contributed by atoms with Gasteiger partial charge in [-0.15, -0.1) is 0 Å². The molecule has 1 fully saturated rings. The molecule has 0 spiro atoms. The molecule has 0 bridgehead atoms. The van der Waals surface area contributed by atoms with Crippen LogP contribution in [0.15, 0.2) is 59.6 Å². The molecule has 13 heteroatoms. The highest BCUT2D eigenvalue weighted by molar-refractivity contribution is 7.91. The second-order valence-corrected chi connectivity index (χ2v) is 11.0. The second kappa shape index (κ2) is 11.1. The number of sulfone groups is 1. The molecule has 0 radical (unpaired) electrons. The molecule has 3 aromatic rings. The van der Waals surface area contributed by atoms with E-state index in [4.69, 9.17) is 0 Å². The molecule has 1 heterocycles. The molecule has 1 aliphatic carbocycles. The van der Waals surface area contributed by atoms with Crippen LogP contribution in [-0.2, 0) is 9.84 Å². The molecule has 200 valence electrons. The van der Waals surface area contributed by atoms with Crippen molar-refractivity contribution in [2.24, 2.45) is 0 Å². The lowest BCUT2D eigenvalue weighted by atomic mass is 9.77. The van der Waals surface area contributed by atoms with Crippen LogP contribution in [0, 0.1) is 11.3 Å². The van der Waals surface area contributed by atoms with Crippen molar-refractivity contribution in [3.8, 4) is 11.8 Å². The zero-order valence-electron chi connectivity index (χ0n) is 20.1. The van der Waals surface area contributed by atoms with E-state index in [9.17, 15) is 32.4 Å². The number of rotatable bonds is 9. The number of nitrogens with one attached hydrogen (secondary N) is 4. The van der Waals surface area contributed by atoms with Gasteiger partial charge in [0.05, 0.1) is 34.8 Å². The van der Waals surface area contributed by atoms with E-state index in [-0.39, 0.29) is 29.6 Å². The van der Waals surface area contributed by atoms with Crippen LogP contribution in [0.1, 0.15) is 42.5 Å². The number of aromatic nitrogens is 2. The third-order valence-corrected chi connectivity index (χ3v) is 7.97. The maximum Gasteiger partial charge on any atom is 0.341 e. The van der Waals surface area contributed by atoms with Crippen molar-refractivity contribution in [1.29, 1.82) is 5.26 Å². The van der Waals surface area contributed by atoms with E-state index < -0.39 is 31.9 Å². The summed E-state index contributed by atoms with van der Waals surface area (Å²) in [6.45, 7) is 0. The fraction of sp³-hybridized carbons (Fsp3) is 0.320. The molecule has 1 aromatic heterocycles. The van der Waals surface area contributed by atoms with Crippen molar-refractivity contribution in [2.45, 2.75) is 54.3 Å². The fourth-order valence-electron chi connectivity index (χ4n) is 4.46. The van der Waals surface area contributed by atoms with Crippen LogP contribution in [-0.4, -0.2) is 47.0 Å². The summed E-state index contributed by atoms with van der Waals surface area (Å²) in [5.74, 6) is -3.62. The first-order valence-electron chi connectivity index (χ1n) is 11.8. The summed E-state index contributed by atoms with van der Waals surface area (Å²) in [5, 5.41) is 35.3. The minimum atomic E-state index is -4.72. The van der Waals surface area contributed by atoms with Gasteiger partial charge >= 0.3 is 5.76 Å². The Balaban J connectivity index is 1.42. The second-order valence-electron chi connectivity index (χ2n) is 9.12. The molecule has 0 saturated heterocycles. The van der Waals surface area contributed by atoms with Gasteiger partial charge in [0.2, 0.25) is 9.84 Å². The number of carbonyl (C=O) groups excluding carboxylic acids is 1. The number of anilines is 3. The first-order valence-corrected chi connectivity index (χ1v) is 13.3. The molecule has 0 aliphatic heterocycles. The van der Waals surface area contributed by atoms with Gasteiger partial charge < -0.3 is 21.1 Å². The molecule has 4 rings (SSSR count). The lowest BCUT2D eigenvalue weighted by molar-refractivity contribution is 0.0869. The number of hydrogen-bond acceptors (Lipinski definition) is 8. The zero-order valence-corrected chi connectivity index (χ0v) is 20.9. The quantitative estimate of drug-likeness (QED) is 0.249. The number of para-hydroxylation sites is 2. The summed E-state index contributed by atoms with van der Waals surface area (Å²) < 4.78 is 48.8. The number of alkyl halides is 2. The van der Waals surface area contributed by atoms with Crippen LogP contribution >= 0.6 is 0 Å². The van der Waals surface area contributed by atoms with Crippen molar-refractivity contribution in [2.75, 3.05) is 10.6 Å². The number of phenolic OH excluding ortho intramolecular Hbond substituents is 1. The van der Waals surface area contributed by atoms with Gasteiger partial charge in [-0.3, -0.25) is 9.89 Å². The van der Waals surface area contributed by atoms with Crippen LogP contribution < -0.4 is 16.0 Å². The number of nitriles is 1. The zero-order chi connectivity index (χ0) is 27.3. The molecule has 10 nitrogen and oxygen atoms in total. The van der Waals surface area contributed by atoms with Gasteiger partial charge in [0.15, 0.2) is 0 Å². The van der Waals surface area contributed by atoms with Gasteiger partial charge in [-0.2, -0.15) is 19.1 Å². The van der Waals surface area contributed by atoms with E-state index in [1.807, 2.05) is 6.07 Å². The highest BCUT2D eigenvalue weighted by atomic mass is 32.2. The summed E-state index contributed by atoms with van der Waals surface area (Å²) >= 11 is 0. The lowest BCUT2D eigenvalue weighted by Gasteiger charge is -2.40. The van der Waals surface area contributed by atoms with E-state index in [2.05, 4.69) is 32.2 Å². The third-order valence-electron chi connectivity index (χ3n) is 6.57. The highest BCUT2D eigenvalue weighted by Crippen LogP contribution is 2.35. The van der Waals surface area contributed by atoms with Crippen molar-refractivity contribution in [3.63, 3.8) is 0 Å². The standard InChI is InChI=1S/C25H26F2N6O4S/c26-24(27)38(36,37)18-7-5-16(6-8-18)31-22-19(15-29-33-22)23(35)32-25(13-14-28)11-9-17(10-12-25)30-20-3-1-2-4-21(20)34/h1-8,15,17,24,30,34H,9-13H2,(H,32,35)(H2,29,31,33). The third kappa shape index (κ3) is 5.86. The maximum atomic E-state index is 13.2. The summed E-state index contributed by atoms with van der Waals surface area (Å²) in [7, 11) is -4.72. The predicted octanol–water partition coefficient (Wildman–Crippen LogP) is 4.29. The van der Waals surface area contributed by atoms with Gasteiger partial charge in [-0.25, -0.2) is 8.42 Å². The van der Waals surface area contributed by atoms with Crippen molar-refractivity contribution < 1.29 is 27.1 Å². The Hall–Kier alpha value is -4.18. The number of carbonyl (C=O) groups is 1. The number of phenols is 1. The molecule has 5 N–H and O–H groups in total. The number of benzene rings is 2. The van der Waals surface area contributed by atoms with Gasteiger partial charge in [0.25, 0.3) is 5.91 Å². The lowest BCUT2D eigenvalue weighted by Crippen LogP contribution is -2.52. The van der Waals surface area contributed by atoms with Gasteiger partial charge in [-0.1, -0.05) is 12.1 Å². The SMILES string of the molecule is N#CCC1(NC(=O)c2cn[nH]c2Nc2ccc(S(=O)(=O)C(F)F)cc2)CCC(Nc2ccccc2O)CC1. The highest BCUT2D eigenvalue weighted by Gasteiger charge is 2.37. The normalized spacial score (nSPS) is 19.5. The number of nitrogens with zero attached hydrogens (tertiary/aromatic N) is 2. The first kappa shape index (κ1) is 26.9. The molecule has 1 aliphatic rings. The van der Waals surface area contributed by atoms with Gasteiger partial charge in [-0.05, 0) is 62.1 Å². The predicted molar refractivity (Wildman–Crippen MR) is 136 cm³/mol. The monoisotopic (exact) mass is 544 g/mol. The van der Waals surface area contributed by atoms with E-state index in [0.29, 0.717) is 37.1 Å². The fourth-order valence-corrected chi connectivity index (χ4v) is 5.19. The van der Waals surface area contributed by atoms with Crippen molar-refractivity contribution >= 4 is 32.9 Å². The summed E-state index contributed by atoms with van der Waals surface area (Å²) in [6.07, 6.45) is 3.85. The summed E-state index contributed by atoms with van der Waals surface area (Å²) in [5.41, 5.74) is 0.395. The van der Waals surface area contributed by atoms with Crippen molar-refractivity contribution in [3.05, 3.63) is 60.3 Å². The van der Waals surface area contributed by atoms with Crippen LogP contribution in [0.5, 0.6) is 5.75 Å². The summed E-state index contributed by atoms with van der Waals surface area (Å²) in [6, 6.07) is 13.9. The largest absolute Gasteiger partial charge is 0.506 e. The molecular formula is C25H26F2N6O4S. The van der Waals surface area contributed by atoms with Crippen LogP contribution in [0.4, 0.5) is 26.0 Å². The molecule has 1 amide bonds. The topological polar surface area (TPSA) is 160 Å². The minimum absolute atomic E-state index is 0.0648. The number of aromatic amines is 1. The Morgan fingerprint density at radius 1 is 1.18 bits per heavy atom. The molecule has 1 saturated carbocycles. The van der Waals surface area contributed by atoms with E-state index in [1.165, 1.54) is 18.3 Å². The Kier molecular flexibility index (Phi) is 7.82. The number of hydrogen-bond donors (Lipinski definition) is 5. The van der Waals surface area contributed by atoms with E-state index >= 15 is 0 Å². The molecular weight excluding hydrogens is 518 g/mol. The number of amides is 1. The van der Waals surface area contributed by atoms with Crippen LogP contribution in [0.25, 0.3) is 0 Å². The Morgan fingerprint density at radius 2 is 1.87 bits per heavy atom. The molecule has 0 atom stereocenters. The first-order chi connectivity index (χ1) is 18.1. The number of halogens is 2. The summed E-state index contributed by atoms with van der Waals surface area (Å²) in [4.78, 5) is 12.7. The van der Waals surface area contributed by atoms with Crippen LogP contribution in [0.3, 0.4) is 0 Å². The molecule has 2 aromatic carbocycles. The average Bonchev–Trinajstić information content (AvgIpc) is 3.35. The Bertz CT molecular complexity index is 1430. The number of H-pyrrole nitrogens is 1.